The third-order valence-electron chi connectivity index (χ3n) is 3.12. The maximum absolute atomic E-state index is 4.93. The van der Waals surface area contributed by atoms with Crippen LogP contribution < -0.4 is 5.32 Å². The lowest BCUT2D eigenvalue weighted by Crippen LogP contribution is -2.21. The molecule has 0 aliphatic carbocycles. The second-order valence-corrected chi connectivity index (χ2v) is 4.04. The number of nitrogens with zero attached hydrogens (tertiary/aromatic N) is 1. The van der Waals surface area contributed by atoms with Crippen LogP contribution in [0.25, 0.3) is 0 Å². The Morgan fingerprint density at radius 2 is 2.50 bits per heavy atom. The molecule has 0 aromatic carbocycles. The molecule has 3 unspecified atom stereocenters. The van der Waals surface area contributed by atoms with Gasteiger partial charge in [-0.3, -0.25) is 0 Å². The van der Waals surface area contributed by atoms with Crippen molar-refractivity contribution in [1.82, 2.24) is 10.5 Å². The lowest BCUT2D eigenvalue weighted by Gasteiger charge is -2.12. The molecule has 3 nitrogen and oxygen atoms in total. The second-order valence-electron chi connectivity index (χ2n) is 4.04. The summed E-state index contributed by atoms with van der Waals surface area (Å²) in [5, 5.41) is 7.18. The Labute approximate surface area is 82.9 Å². The SMILES string of the molecule is C(#CC1CC2CCC1N2)c1ccno1. The van der Waals surface area contributed by atoms with Gasteiger partial charge in [-0.05, 0) is 25.2 Å². The third kappa shape index (κ3) is 1.32. The monoisotopic (exact) mass is 188 g/mol. The van der Waals surface area contributed by atoms with E-state index in [1.54, 1.807) is 12.3 Å². The molecule has 2 aliphatic heterocycles. The van der Waals surface area contributed by atoms with Crippen molar-refractivity contribution in [2.24, 2.45) is 5.92 Å². The molecule has 1 N–H and O–H groups in total. The molecule has 14 heavy (non-hydrogen) atoms. The zero-order valence-electron chi connectivity index (χ0n) is 7.86. The van der Waals surface area contributed by atoms with Crippen LogP contribution in [-0.2, 0) is 0 Å². The summed E-state index contributed by atoms with van der Waals surface area (Å²) in [6.45, 7) is 0. The van der Waals surface area contributed by atoms with Gasteiger partial charge in [0.2, 0.25) is 5.76 Å². The average Bonchev–Trinajstić information content (AvgIpc) is 2.91. The summed E-state index contributed by atoms with van der Waals surface area (Å²) in [6, 6.07) is 3.14. The lowest BCUT2D eigenvalue weighted by atomic mass is 9.90. The number of aromatic nitrogens is 1. The van der Waals surface area contributed by atoms with Gasteiger partial charge in [0.25, 0.3) is 0 Å². The van der Waals surface area contributed by atoms with Gasteiger partial charge in [-0.15, -0.1) is 0 Å². The normalized spacial score (nSPS) is 34.1. The zero-order valence-corrected chi connectivity index (χ0v) is 7.86. The molecule has 0 amide bonds. The molecule has 3 heteroatoms. The van der Waals surface area contributed by atoms with Crippen molar-refractivity contribution in [2.45, 2.75) is 31.3 Å². The number of nitrogens with one attached hydrogen (secondary N) is 1. The molecule has 2 fully saturated rings. The van der Waals surface area contributed by atoms with E-state index in [9.17, 15) is 0 Å². The van der Waals surface area contributed by atoms with Crippen molar-refractivity contribution in [3.63, 3.8) is 0 Å². The lowest BCUT2D eigenvalue weighted by molar-refractivity contribution is 0.410. The maximum atomic E-state index is 4.93. The topological polar surface area (TPSA) is 38.1 Å². The van der Waals surface area contributed by atoms with Gasteiger partial charge in [0.15, 0.2) is 0 Å². The molecule has 2 aliphatic rings. The molecule has 3 rings (SSSR count). The van der Waals surface area contributed by atoms with Crippen molar-refractivity contribution >= 4 is 0 Å². The predicted octanol–water partition coefficient (Wildman–Crippen LogP) is 1.17. The minimum absolute atomic E-state index is 0.513. The third-order valence-corrected chi connectivity index (χ3v) is 3.12. The summed E-state index contributed by atoms with van der Waals surface area (Å²) in [6.07, 6.45) is 5.43. The Balaban J connectivity index is 1.73. The molecular formula is C11H12N2O. The smallest absolute Gasteiger partial charge is 0.209 e. The van der Waals surface area contributed by atoms with Crippen LogP contribution in [-0.4, -0.2) is 17.2 Å². The molecule has 1 aromatic heterocycles. The minimum atomic E-state index is 0.513. The number of fused-ring (bicyclic) bond motifs is 2. The fourth-order valence-electron chi connectivity index (χ4n) is 2.43. The first-order chi connectivity index (χ1) is 6.92. The van der Waals surface area contributed by atoms with Crippen LogP contribution in [0.1, 0.15) is 25.0 Å². The minimum Gasteiger partial charge on any atom is -0.348 e. The molecule has 1 aromatic rings. The van der Waals surface area contributed by atoms with Gasteiger partial charge in [-0.2, -0.15) is 0 Å². The van der Waals surface area contributed by atoms with Crippen LogP contribution in [0.5, 0.6) is 0 Å². The largest absolute Gasteiger partial charge is 0.348 e. The molecule has 0 saturated carbocycles. The molecule has 3 heterocycles. The van der Waals surface area contributed by atoms with Gasteiger partial charge >= 0.3 is 0 Å². The van der Waals surface area contributed by atoms with Gasteiger partial charge in [0.1, 0.15) is 0 Å². The van der Waals surface area contributed by atoms with Crippen LogP contribution in [0.4, 0.5) is 0 Å². The second kappa shape index (κ2) is 3.14. The molecule has 0 radical (unpaired) electrons. The van der Waals surface area contributed by atoms with Gasteiger partial charge in [-0.1, -0.05) is 11.1 Å². The van der Waals surface area contributed by atoms with E-state index in [1.165, 1.54) is 19.3 Å². The number of rotatable bonds is 0. The van der Waals surface area contributed by atoms with E-state index in [2.05, 4.69) is 22.3 Å². The van der Waals surface area contributed by atoms with E-state index < -0.39 is 0 Å². The van der Waals surface area contributed by atoms with Crippen LogP contribution in [0.2, 0.25) is 0 Å². The standard InChI is InChI=1S/C11H12N2O/c1(3-10-5-6-12-14-10)8-7-9-2-4-11(8)13-9/h5-6,8-9,11,13H,2,4,7H2. The molecule has 72 valence electrons. The van der Waals surface area contributed by atoms with Crippen LogP contribution in [0.15, 0.2) is 16.8 Å². The molecule has 2 saturated heterocycles. The Bertz CT molecular complexity index is 374. The van der Waals surface area contributed by atoms with Gasteiger partial charge in [0, 0.05) is 24.1 Å². The summed E-state index contributed by atoms with van der Waals surface area (Å²) in [4.78, 5) is 0. The fraction of sp³-hybridized carbons (Fsp3) is 0.545. The van der Waals surface area contributed by atoms with E-state index in [1.807, 2.05) is 0 Å². The van der Waals surface area contributed by atoms with E-state index in [-0.39, 0.29) is 0 Å². The Morgan fingerprint density at radius 3 is 3.14 bits per heavy atom. The van der Waals surface area contributed by atoms with Crippen molar-refractivity contribution in [1.29, 1.82) is 0 Å². The highest BCUT2D eigenvalue weighted by Gasteiger charge is 2.37. The summed E-state index contributed by atoms with van der Waals surface area (Å²) in [5.74, 6) is 7.49. The van der Waals surface area contributed by atoms with Crippen molar-refractivity contribution in [2.75, 3.05) is 0 Å². The summed E-state index contributed by atoms with van der Waals surface area (Å²) >= 11 is 0. The van der Waals surface area contributed by atoms with Crippen molar-refractivity contribution in [3.05, 3.63) is 18.0 Å². The maximum Gasteiger partial charge on any atom is 0.209 e. The Hall–Kier alpha value is -1.27. The molecule has 2 bridgehead atoms. The summed E-state index contributed by atoms with van der Waals surface area (Å²) in [7, 11) is 0. The number of hydrogen-bond acceptors (Lipinski definition) is 3. The van der Waals surface area contributed by atoms with E-state index >= 15 is 0 Å². The van der Waals surface area contributed by atoms with Crippen LogP contribution in [0, 0.1) is 17.8 Å². The molecular weight excluding hydrogens is 176 g/mol. The van der Waals surface area contributed by atoms with Gasteiger partial charge < -0.3 is 9.84 Å². The van der Waals surface area contributed by atoms with E-state index in [4.69, 9.17) is 4.52 Å². The Kier molecular flexibility index (Phi) is 1.81. The fourth-order valence-corrected chi connectivity index (χ4v) is 2.43. The van der Waals surface area contributed by atoms with E-state index in [0.29, 0.717) is 23.8 Å². The highest BCUT2D eigenvalue weighted by Crippen LogP contribution is 2.32. The van der Waals surface area contributed by atoms with Gasteiger partial charge in [0.05, 0.1) is 6.20 Å². The Morgan fingerprint density at radius 1 is 1.50 bits per heavy atom. The zero-order chi connectivity index (χ0) is 9.38. The molecule has 0 spiro atoms. The van der Waals surface area contributed by atoms with Crippen LogP contribution >= 0.6 is 0 Å². The highest BCUT2D eigenvalue weighted by atomic mass is 16.5. The average molecular weight is 188 g/mol. The number of hydrogen-bond donors (Lipinski definition) is 1. The van der Waals surface area contributed by atoms with Crippen LogP contribution in [0.3, 0.4) is 0 Å². The van der Waals surface area contributed by atoms with E-state index in [0.717, 1.165) is 0 Å². The summed E-state index contributed by atoms with van der Waals surface area (Å²) < 4.78 is 4.93. The first-order valence-corrected chi connectivity index (χ1v) is 5.10. The molecule has 3 atom stereocenters. The highest BCUT2D eigenvalue weighted by molar-refractivity contribution is 5.26. The summed E-state index contributed by atoms with van der Waals surface area (Å²) in [5.41, 5.74) is 0. The first-order valence-electron chi connectivity index (χ1n) is 5.10. The predicted molar refractivity (Wildman–Crippen MR) is 51.4 cm³/mol. The van der Waals surface area contributed by atoms with Crippen molar-refractivity contribution in [3.8, 4) is 11.8 Å². The first kappa shape index (κ1) is 8.07. The quantitative estimate of drug-likeness (QED) is 0.621. The van der Waals surface area contributed by atoms with Crippen molar-refractivity contribution < 1.29 is 4.52 Å². The van der Waals surface area contributed by atoms with Gasteiger partial charge in [-0.25, -0.2) is 0 Å².